The van der Waals surface area contributed by atoms with Crippen LogP contribution in [0.1, 0.15) is 12.6 Å². The lowest BCUT2D eigenvalue weighted by atomic mass is 10.3. The third-order valence-corrected chi connectivity index (χ3v) is 4.02. The van der Waals surface area contributed by atoms with Crippen LogP contribution < -0.4 is 5.32 Å². The molecule has 0 saturated carbocycles. The van der Waals surface area contributed by atoms with Crippen LogP contribution in [0.15, 0.2) is 18.5 Å². The van der Waals surface area contributed by atoms with Crippen molar-refractivity contribution in [3.8, 4) is 0 Å². The van der Waals surface area contributed by atoms with Crippen LogP contribution >= 0.6 is 11.3 Å². The minimum absolute atomic E-state index is 0.272. The summed E-state index contributed by atoms with van der Waals surface area (Å²) in [6.45, 7) is 4.95. The fourth-order valence-electron chi connectivity index (χ4n) is 2.09. The minimum Gasteiger partial charge on any atom is -0.357 e. The second kappa shape index (κ2) is 4.65. The molecular weight excluding hydrogens is 260 g/mol. The largest absolute Gasteiger partial charge is 0.357 e. The van der Waals surface area contributed by atoms with Crippen LogP contribution in [0.2, 0.25) is 0 Å². The Hall–Kier alpha value is -1.89. The summed E-state index contributed by atoms with van der Waals surface area (Å²) in [5, 5.41) is 12.9. The van der Waals surface area contributed by atoms with Crippen LogP contribution in [0, 0.1) is 6.92 Å². The molecule has 3 aromatic rings. The van der Waals surface area contributed by atoms with Gasteiger partial charge in [-0.15, -0.1) is 0 Å². The molecule has 0 unspecified atom stereocenters. The first-order valence-electron chi connectivity index (χ1n) is 6.17. The highest BCUT2D eigenvalue weighted by molar-refractivity contribution is 7.22. The summed E-state index contributed by atoms with van der Waals surface area (Å²) in [6.07, 6.45) is 3.75. The SMILES string of the molecule is Cc1nn(C)c2nc(N[C@@H](C)Cn3cccn3)sc12. The summed E-state index contributed by atoms with van der Waals surface area (Å²) in [5.41, 5.74) is 1.97. The summed E-state index contributed by atoms with van der Waals surface area (Å²) in [6, 6.07) is 2.20. The molecule has 3 rings (SSSR count). The van der Waals surface area contributed by atoms with Gasteiger partial charge in [0.1, 0.15) is 0 Å². The fraction of sp³-hybridized carbons (Fsp3) is 0.417. The van der Waals surface area contributed by atoms with Crippen molar-refractivity contribution in [2.45, 2.75) is 26.4 Å². The van der Waals surface area contributed by atoms with Crippen molar-refractivity contribution < 1.29 is 0 Å². The van der Waals surface area contributed by atoms with E-state index in [9.17, 15) is 0 Å². The molecule has 19 heavy (non-hydrogen) atoms. The Morgan fingerprint density at radius 2 is 2.32 bits per heavy atom. The number of anilines is 1. The van der Waals surface area contributed by atoms with Crippen LogP contribution in [-0.4, -0.2) is 30.6 Å². The molecule has 1 atom stereocenters. The van der Waals surface area contributed by atoms with E-state index in [-0.39, 0.29) is 6.04 Å². The third-order valence-electron chi connectivity index (χ3n) is 2.93. The van der Waals surface area contributed by atoms with E-state index in [1.807, 2.05) is 35.6 Å². The van der Waals surface area contributed by atoms with Crippen LogP contribution in [0.3, 0.4) is 0 Å². The highest BCUT2D eigenvalue weighted by Gasteiger charge is 2.13. The molecule has 6 nitrogen and oxygen atoms in total. The summed E-state index contributed by atoms with van der Waals surface area (Å²) >= 11 is 1.65. The van der Waals surface area contributed by atoms with Crippen molar-refractivity contribution in [3.63, 3.8) is 0 Å². The summed E-state index contributed by atoms with van der Waals surface area (Å²) in [7, 11) is 1.92. The number of hydrogen-bond donors (Lipinski definition) is 1. The van der Waals surface area contributed by atoms with Gasteiger partial charge in [0.2, 0.25) is 0 Å². The van der Waals surface area contributed by atoms with Gasteiger partial charge >= 0.3 is 0 Å². The summed E-state index contributed by atoms with van der Waals surface area (Å²) in [4.78, 5) is 4.58. The van der Waals surface area contributed by atoms with Crippen molar-refractivity contribution in [2.75, 3.05) is 5.32 Å². The van der Waals surface area contributed by atoms with Crippen molar-refractivity contribution in [3.05, 3.63) is 24.2 Å². The smallest absolute Gasteiger partial charge is 0.185 e. The summed E-state index contributed by atoms with van der Waals surface area (Å²) < 4.78 is 4.89. The Kier molecular flexibility index (Phi) is 2.98. The van der Waals surface area contributed by atoms with Gasteiger partial charge in [-0.05, 0) is 19.9 Å². The molecule has 100 valence electrons. The normalized spacial score (nSPS) is 13.0. The van der Waals surface area contributed by atoms with E-state index < -0.39 is 0 Å². The Morgan fingerprint density at radius 3 is 3.00 bits per heavy atom. The van der Waals surface area contributed by atoms with Gasteiger partial charge in [0, 0.05) is 25.5 Å². The first-order valence-corrected chi connectivity index (χ1v) is 6.99. The molecule has 1 N–H and O–H groups in total. The van der Waals surface area contributed by atoms with Crippen LogP contribution in [0.25, 0.3) is 10.3 Å². The highest BCUT2D eigenvalue weighted by atomic mass is 32.1. The van der Waals surface area contributed by atoms with Gasteiger partial charge < -0.3 is 5.32 Å². The Labute approximate surface area is 115 Å². The second-order valence-corrected chi connectivity index (χ2v) is 5.65. The molecule has 0 bridgehead atoms. The van der Waals surface area contributed by atoms with Gasteiger partial charge in [0.15, 0.2) is 10.8 Å². The van der Waals surface area contributed by atoms with E-state index in [4.69, 9.17) is 0 Å². The van der Waals surface area contributed by atoms with Gasteiger partial charge in [0.05, 0.1) is 16.9 Å². The van der Waals surface area contributed by atoms with Crippen LogP contribution in [0.5, 0.6) is 0 Å². The molecule has 0 aliphatic rings. The molecule has 3 aromatic heterocycles. The Morgan fingerprint density at radius 1 is 1.47 bits per heavy atom. The molecule has 0 spiro atoms. The lowest BCUT2D eigenvalue weighted by Crippen LogP contribution is -2.22. The predicted octanol–water partition coefficient (Wildman–Crippen LogP) is 2.04. The maximum absolute atomic E-state index is 4.58. The van der Waals surface area contributed by atoms with Gasteiger partial charge in [-0.25, -0.2) is 9.67 Å². The Bertz CT molecular complexity index is 646. The van der Waals surface area contributed by atoms with E-state index >= 15 is 0 Å². The molecule has 0 amide bonds. The first-order chi connectivity index (χ1) is 9.13. The standard InChI is InChI=1S/C12H16N6S/c1-8(7-18-6-4-5-13-18)14-12-15-11-10(19-12)9(2)16-17(11)3/h4-6,8H,7H2,1-3H3,(H,14,15)/t8-/m0/s1. The number of thiazole rings is 1. The molecule has 0 aromatic carbocycles. The molecule has 7 heteroatoms. The zero-order chi connectivity index (χ0) is 13.4. The Balaban J connectivity index is 1.76. The van der Waals surface area contributed by atoms with Gasteiger partial charge in [-0.2, -0.15) is 10.2 Å². The van der Waals surface area contributed by atoms with E-state index in [0.717, 1.165) is 27.7 Å². The maximum Gasteiger partial charge on any atom is 0.185 e. The second-order valence-electron chi connectivity index (χ2n) is 4.65. The third kappa shape index (κ3) is 2.33. The average Bonchev–Trinajstić information content (AvgIpc) is 3.01. The molecule has 0 radical (unpaired) electrons. The average molecular weight is 276 g/mol. The number of aryl methyl sites for hydroxylation is 2. The first kappa shape index (κ1) is 12.2. The molecule has 0 fully saturated rings. The van der Waals surface area contributed by atoms with E-state index in [1.54, 1.807) is 17.5 Å². The fourth-order valence-corrected chi connectivity index (χ4v) is 3.14. The predicted molar refractivity (Wildman–Crippen MR) is 76.4 cm³/mol. The number of aromatic nitrogens is 5. The lowest BCUT2D eigenvalue weighted by molar-refractivity contribution is 0.560. The van der Waals surface area contributed by atoms with Crippen LogP contribution in [-0.2, 0) is 13.6 Å². The molecule has 0 aliphatic carbocycles. The number of nitrogens with zero attached hydrogens (tertiary/aromatic N) is 5. The topological polar surface area (TPSA) is 60.6 Å². The van der Waals surface area contributed by atoms with Crippen molar-refractivity contribution >= 4 is 26.8 Å². The highest BCUT2D eigenvalue weighted by Crippen LogP contribution is 2.28. The summed E-state index contributed by atoms with van der Waals surface area (Å²) in [5.74, 6) is 0. The van der Waals surface area contributed by atoms with Crippen LogP contribution in [0.4, 0.5) is 5.13 Å². The maximum atomic E-state index is 4.58. The zero-order valence-electron chi connectivity index (χ0n) is 11.2. The molecule has 3 heterocycles. The van der Waals surface area contributed by atoms with E-state index in [1.165, 1.54) is 0 Å². The van der Waals surface area contributed by atoms with E-state index in [0.29, 0.717) is 0 Å². The van der Waals surface area contributed by atoms with Gasteiger partial charge in [0.25, 0.3) is 0 Å². The van der Waals surface area contributed by atoms with Crippen molar-refractivity contribution in [2.24, 2.45) is 7.05 Å². The zero-order valence-corrected chi connectivity index (χ0v) is 12.0. The number of nitrogens with one attached hydrogen (secondary N) is 1. The monoisotopic (exact) mass is 276 g/mol. The molecular formula is C12H16N6S. The quantitative estimate of drug-likeness (QED) is 0.792. The lowest BCUT2D eigenvalue weighted by Gasteiger charge is -2.12. The molecule has 0 saturated heterocycles. The minimum atomic E-state index is 0.272. The number of rotatable bonds is 4. The van der Waals surface area contributed by atoms with E-state index in [2.05, 4.69) is 27.4 Å². The number of hydrogen-bond acceptors (Lipinski definition) is 5. The van der Waals surface area contributed by atoms with Crippen molar-refractivity contribution in [1.82, 2.24) is 24.5 Å². The van der Waals surface area contributed by atoms with Gasteiger partial charge in [-0.1, -0.05) is 11.3 Å². The number of fused-ring (bicyclic) bond motifs is 1. The van der Waals surface area contributed by atoms with Crippen molar-refractivity contribution in [1.29, 1.82) is 0 Å². The molecule has 0 aliphatic heterocycles. The van der Waals surface area contributed by atoms with Gasteiger partial charge in [-0.3, -0.25) is 4.68 Å².